The first kappa shape index (κ1) is 13.0. The maximum atomic E-state index is 4.20. The summed E-state index contributed by atoms with van der Waals surface area (Å²) in [5.74, 6) is 1.08. The lowest BCUT2D eigenvalue weighted by molar-refractivity contribution is 0.208. The minimum atomic E-state index is 0.756. The lowest BCUT2D eigenvalue weighted by Gasteiger charge is -2.27. The Balaban J connectivity index is 1.44. The molecule has 0 bridgehead atoms. The molecule has 5 nitrogen and oxygen atoms in total. The van der Waals surface area contributed by atoms with Crippen LogP contribution in [0.2, 0.25) is 0 Å². The number of rotatable bonds is 5. The second kappa shape index (κ2) is 5.58. The summed E-state index contributed by atoms with van der Waals surface area (Å²) in [6, 6.07) is 9.54. The van der Waals surface area contributed by atoms with Gasteiger partial charge in [0, 0.05) is 32.2 Å². The van der Waals surface area contributed by atoms with Crippen molar-refractivity contribution >= 4 is 0 Å². The molecule has 21 heavy (non-hydrogen) atoms. The Labute approximate surface area is 125 Å². The van der Waals surface area contributed by atoms with Crippen molar-refractivity contribution < 1.29 is 0 Å². The van der Waals surface area contributed by atoms with Crippen molar-refractivity contribution in [1.82, 2.24) is 25.0 Å². The molecule has 1 aliphatic heterocycles. The van der Waals surface area contributed by atoms with Gasteiger partial charge in [0.15, 0.2) is 0 Å². The lowest BCUT2D eigenvalue weighted by atomic mass is 10.1. The zero-order valence-electron chi connectivity index (χ0n) is 12.2. The zero-order chi connectivity index (χ0) is 14.1. The monoisotopic (exact) mass is 283 g/mol. The number of fused-ring (bicyclic) bond motifs is 1. The van der Waals surface area contributed by atoms with Gasteiger partial charge in [-0.25, -0.2) is 0 Å². The van der Waals surface area contributed by atoms with E-state index in [1.165, 1.54) is 24.0 Å². The highest BCUT2D eigenvalue weighted by Gasteiger charge is 2.21. The smallest absolute Gasteiger partial charge is 0.147 e. The topological polar surface area (TPSA) is 46.0 Å². The fraction of sp³-hybridized carbons (Fsp3) is 0.500. The molecule has 2 aliphatic rings. The Morgan fingerprint density at radius 1 is 1.14 bits per heavy atom. The van der Waals surface area contributed by atoms with Gasteiger partial charge in [-0.3, -0.25) is 4.90 Å². The fourth-order valence-corrected chi connectivity index (χ4v) is 2.92. The molecule has 4 rings (SSSR count). The van der Waals surface area contributed by atoms with E-state index in [9.17, 15) is 0 Å². The van der Waals surface area contributed by atoms with Crippen LogP contribution in [0.3, 0.4) is 0 Å². The van der Waals surface area contributed by atoms with Crippen LogP contribution in [0.1, 0.15) is 29.8 Å². The predicted molar refractivity (Wildman–Crippen MR) is 80.4 cm³/mol. The van der Waals surface area contributed by atoms with E-state index in [-0.39, 0.29) is 0 Å². The van der Waals surface area contributed by atoms with Crippen LogP contribution in [0, 0.1) is 0 Å². The van der Waals surface area contributed by atoms with Crippen LogP contribution in [0.5, 0.6) is 0 Å². The van der Waals surface area contributed by atoms with Gasteiger partial charge in [0.2, 0.25) is 0 Å². The van der Waals surface area contributed by atoms with E-state index in [1.54, 1.807) is 0 Å². The minimum Gasteiger partial charge on any atom is -0.315 e. The molecule has 0 spiro atoms. The van der Waals surface area contributed by atoms with Crippen molar-refractivity contribution in [2.45, 2.75) is 45.1 Å². The standard InChI is InChI=1S/C16H21N5/c1-2-4-14(13(3-1)9-17-15-5-6-15)10-20-7-8-21-12-18-19-16(21)11-20/h1-4,12,15,17H,5-11H2. The van der Waals surface area contributed by atoms with Crippen molar-refractivity contribution in [2.24, 2.45) is 0 Å². The third-order valence-corrected chi connectivity index (χ3v) is 4.39. The summed E-state index contributed by atoms with van der Waals surface area (Å²) in [5, 5.41) is 11.8. The van der Waals surface area contributed by atoms with E-state index in [0.717, 1.165) is 44.6 Å². The van der Waals surface area contributed by atoms with Gasteiger partial charge in [-0.1, -0.05) is 24.3 Å². The second-order valence-electron chi connectivity index (χ2n) is 6.08. The van der Waals surface area contributed by atoms with Crippen molar-refractivity contribution in [3.63, 3.8) is 0 Å². The van der Waals surface area contributed by atoms with E-state index in [1.807, 2.05) is 6.33 Å². The zero-order valence-corrected chi connectivity index (χ0v) is 12.2. The molecule has 1 aromatic carbocycles. The molecule has 1 aliphatic carbocycles. The molecule has 2 aromatic rings. The number of aromatic nitrogens is 3. The first-order chi connectivity index (χ1) is 10.4. The average molecular weight is 283 g/mol. The van der Waals surface area contributed by atoms with Crippen LogP contribution in [0.4, 0.5) is 0 Å². The molecular weight excluding hydrogens is 262 g/mol. The second-order valence-corrected chi connectivity index (χ2v) is 6.08. The minimum absolute atomic E-state index is 0.756. The Morgan fingerprint density at radius 2 is 2.00 bits per heavy atom. The average Bonchev–Trinajstić information content (AvgIpc) is 3.22. The Morgan fingerprint density at radius 3 is 2.86 bits per heavy atom. The van der Waals surface area contributed by atoms with Crippen LogP contribution in [-0.4, -0.2) is 32.3 Å². The van der Waals surface area contributed by atoms with Crippen molar-refractivity contribution in [3.05, 3.63) is 47.5 Å². The third kappa shape index (κ3) is 2.99. The van der Waals surface area contributed by atoms with Gasteiger partial charge in [0.1, 0.15) is 12.2 Å². The van der Waals surface area contributed by atoms with Gasteiger partial charge in [-0.2, -0.15) is 0 Å². The van der Waals surface area contributed by atoms with Crippen LogP contribution < -0.4 is 5.32 Å². The van der Waals surface area contributed by atoms with E-state index in [0.29, 0.717) is 0 Å². The van der Waals surface area contributed by atoms with Gasteiger partial charge >= 0.3 is 0 Å². The van der Waals surface area contributed by atoms with Crippen molar-refractivity contribution in [3.8, 4) is 0 Å². The van der Waals surface area contributed by atoms with E-state index < -0.39 is 0 Å². The summed E-state index contributed by atoms with van der Waals surface area (Å²) in [6.45, 7) is 4.94. The number of hydrogen-bond donors (Lipinski definition) is 1. The molecule has 0 atom stereocenters. The largest absolute Gasteiger partial charge is 0.315 e. The SMILES string of the molecule is c1ccc(CN2CCn3cnnc3C2)c(CNC2CC2)c1. The predicted octanol–water partition coefficient (Wildman–Crippen LogP) is 1.55. The lowest BCUT2D eigenvalue weighted by Crippen LogP contribution is -2.33. The molecule has 1 fully saturated rings. The number of nitrogens with one attached hydrogen (secondary N) is 1. The fourth-order valence-electron chi connectivity index (χ4n) is 2.92. The molecule has 110 valence electrons. The summed E-state index contributed by atoms with van der Waals surface area (Å²) in [4.78, 5) is 2.46. The molecule has 0 saturated heterocycles. The first-order valence-corrected chi connectivity index (χ1v) is 7.78. The summed E-state index contributed by atoms with van der Waals surface area (Å²) >= 11 is 0. The van der Waals surface area contributed by atoms with Gasteiger partial charge in [-0.05, 0) is 24.0 Å². The highest BCUT2D eigenvalue weighted by molar-refractivity contribution is 5.27. The van der Waals surface area contributed by atoms with Crippen molar-refractivity contribution in [2.75, 3.05) is 6.54 Å². The summed E-state index contributed by atoms with van der Waals surface area (Å²) in [5.41, 5.74) is 2.86. The third-order valence-electron chi connectivity index (χ3n) is 4.39. The maximum Gasteiger partial charge on any atom is 0.147 e. The number of nitrogens with zero attached hydrogens (tertiary/aromatic N) is 4. The molecule has 1 saturated carbocycles. The Hall–Kier alpha value is -1.72. The first-order valence-electron chi connectivity index (χ1n) is 7.78. The molecule has 1 aromatic heterocycles. The molecular formula is C16H21N5. The normalized spacial score (nSPS) is 18.7. The highest BCUT2D eigenvalue weighted by atomic mass is 15.3. The molecule has 0 radical (unpaired) electrons. The summed E-state index contributed by atoms with van der Waals surface area (Å²) in [6.07, 6.45) is 4.51. The van der Waals surface area contributed by atoms with Crippen LogP contribution in [0.25, 0.3) is 0 Å². The van der Waals surface area contributed by atoms with Crippen LogP contribution in [-0.2, 0) is 26.2 Å². The highest BCUT2D eigenvalue weighted by Crippen LogP contribution is 2.21. The molecule has 2 heterocycles. The Bertz CT molecular complexity index is 617. The van der Waals surface area contributed by atoms with Gasteiger partial charge in [0.05, 0.1) is 6.54 Å². The number of benzene rings is 1. The van der Waals surface area contributed by atoms with E-state index in [2.05, 4.69) is 49.2 Å². The summed E-state index contributed by atoms with van der Waals surface area (Å²) in [7, 11) is 0. The molecule has 0 unspecified atom stereocenters. The maximum absolute atomic E-state index is 4.20. The number of hydrogen-bond acceptors (Lipinski definition) is 4. The van der Waals surface area contributed by atoms with E-state index >= 15 is 0 Å². The Kier molecular flexibility index (Phi) is 3.45. The molecule has 0 amide bonds. The summed E-state index contributed by atoms with van der Waals surface area (Å²) < 4.78 is 2.15. The van der Waals surface area contributed by atoms with Crippen LogP contribution in [0.15, 0.2) is 30.6 Å². The van der Waals surface area contributed by atoms with Crippen molar-refractivity contribution in [1.29, 1.82) is 0 Å². The van der Waals surface area contributed by atoms with Crippen LogP contribution >= 0.6 is 0 Å². The molecule has 5 heteroatoms. The quantitative estimate of drug-likeness (QED) is 0.904. The van der Waals surface area contributed by atoms with E-state index in [4.69, 9.17) is 0 Å². The van der Waals surface area contributed by atoms with Gasteiger partial charge in [-0.15, -0.1) is 10.2 Å². The molecule has 1 N–H and O–H groups in total. The van der Waals surface area contributed by atoms with Gasteiger partial charge < -0.3 is 9.88 Å². The van der Waals surface area contributed by atoms with Gasteiger partial charge in [0.25, 0.3) is 0 Å².